The Labute approximate surface area is 99.0 Å². The van der Waals surface area contributed by atoms with Crippen LogP contribution in [0, 0.1) is 0 Å². The van der Waals surface area contributed by atoms with Gasteiger partial charge in [0.1, 0.15) is 5.69 Å². The summed E-state index contributed by atoms with van der Waals surface area (Å²) >= 11 is 0. The van der Waals surface area contributed by atoms with Crippen molar-refractivity contribution in [3.05, 3.63) is 17.5 Å². The molecule has 1 aromatic heterocycles. The molecule has 0 aliphatic rings. The molecule has 1 N–H and O–H groups in total. The van der Waals surface area contributed by atoms with Gasteiger partial charge in [0.15, 0.2) is 0 Å². The molecule has 0 aliphatic heterocycles. The number of halogens is 3. The highest BCUT2D eigenvalue weighted by Crippen LogP contribution is 2.31. The second-order valence-electron chi connectivity index (χ2n) is 4.45. The Hall–Kier alpha value is -1.04. The molecule has 0 fully saturated rings. The van der Waals surface area contributed by atoms with Crippen LogP contribution in [-0.4, -0.2) is 22.9 Å². The van der Waals surface area contributed by atoms with Crippen molar-refractivity contribution in [1.29, 1.82) is 0 Å². The first-order chi connectivity index (χ1) is 7.75. The lowest BCUT2D eigenvalue weighted by atomic mass is 10.2. The van der Waals surface area contributed by atoms with Crippen LogP contribution in [0.5, 0.6) is 0 Å². The van der Waals surface area contributed by atoms with Crippen molar-refractivity contribution in [1.82, 2.24) is 15.1 Å². The van der Waals surface area contributed by atoms with Gasteiger partial charge in [-0.15, -0.1) is 0 Å². The van der Waals surface area contributed by atoms with E-state index in [-0.39, 0.29) is 12.1 Å². The Balaban J connectivity index is 3.04. The molecule has 0 aromatic carbocycles. The third-order valence-electron chi connectivity index (χ3n) is 2.57. The van der Waals surface area contributed by atoms with Crippen LogP contribution < -0.4 is 5.32 Å². The van der Waals surface area contributed by atoms with Crippen LogP contribution in [0.2, 0.25) is 0 Å². The minimum atomic E-state index is -4.35. The summed E-state index contributed by atoms with van der Waals surface area (Å²) < 4.78 is 39.3. The molecule has 0 saturated heterocycles. The van der Waals surface area contributed by atoms with Gasteiger partial charge in [0, 0.05) is 18.5 Å². The molecule has 0 bridgehead atoms. The zero-order valence-electron chi connectivity index (χ0n) is 10.5. The summed E-state index contributed by atoms with van der Waals surface area (Å²) in [4.78, 5) is 0. The predicted octanol–water partition coefficient (Wildman–Crippen LogP) is 2.63. The highest BCUT2D eigenvalue weighted by molar-refractivity contribution is 5.15. The molecule has 1 aromatic rings. The molecule has 1 heterocycles. The molecule has 0 aliphatic carbocycles. The van der Waals surface area contributed by atoms with Crippen LogP contribution in [0.3, 0.4) is 0 Å². The van der Waals surface area contributed by atoms with E-state index < -0.39 is 11.9 Å². The van der Waals surface area contributed by atoms with Gasteiger partial charge in [0.25, 0.3) is 0 Å². The van der Waals surface area contributed by atoms with Crippen molar-refractivity contribution < 1.29 is 13.2 Å². The number of nitrogens with one attached hydrogen (secondary N) is 1. The lowest BCUT2D eigenvalue weighted by molar-refractivity contribution is -0.144. The van der Waals surface area contributed by atoms with E-state index in [0.29, 0.717) is 12.1 Å². The molecule has 98 valence electrons. The molecule has 1 unspecified atom stereocenters. The summed E-state index contributed by atoms with van der Waals surface area (Å²) in [6.07, 6.45) is -3.86. The van der Waals surface area contributed by atoms with Gasteiger partial charge in [-0.25, -0.2) is 0 Å². The van der Waals surface area contributed by atoms with E-state index in [9.17, 15) is 13.2 Å². The first kappa shape index (κ1) is 14.0. The van der Waals surface area contributed by atoms with Crippen molar-refractivity contribution in [2.45, 2.75) is 45.5 Å². The predicted molar refractivity (Wildman–Crippen MR) is 59.8 cm³/mol. The summed E-state index contributed by atoms with van der Waals surface area (Å²) in [5.41, 5.74) is -0.210. The van der Waals surface area contributed by atoms with Crippen molar-refractivity contribution >= 4 is 0 Å². The van der Waals surface area contributed by atoms with E-state index in [0.717, 1.165) is 10.7 Å². The first-order valence-corrected chi connectivity index (χ1v) is 5.58. The van der Waals surface area contributed by atoms with Crippen molar-refractivity contribution in [3.63, 3.8) is 0 Å². The summed E-state index contributed by atoms with van der Waals surface area (Å²) in [5.74, 6) is 0. The Morgan fingerprint density at radius 3 is 2.29 bits per heavy atom. The largest absolute Gasteiger partial charge is 0.433 e. The van der Waals surface area contributed by atoms with E-state index >= 15 is 0 Å². The fraction of sp³-hybridized carbons (Fsp3) is 0.727. The smallest absolute Gasteiger partial charge is 0.317 e. The summed E-state index contributed by atoms with van der Waals surface area (Å²) in [6, 6.07) is 0.935. The number of alkyl halides is 3. The zero-order valence-corrected chi connectivity index (χ0v) is 10.5. The van der Waals surface area contributed by atoms with Crippen LogP contribution >= 0.6 is 0 Å². The average molecular weight is 249 g/mol. The Morgan fingerprint density at radius 1 is 1.35 bits per heavy atom. The summed E-state index contributed by atoms with van der Waals surface area (Å²) in [6.45, 7) is 5.28. The zero-order chi connectivity index (χ0) is 13.2. The lowest BCUT2D eigenvalue weighted by Gasteiger charge is -2.12. The van der Waals surface area contributed by atoms with Crippen LogP contribution in [-0.2, 0) is 12.6 Å². The maximum Gasteiger partial charge on any atom is 0.433 e. The van der Waals surface area contributed by atoms with E-state index in [1.165, 1.54) is 0 Å². The average Bonchev–Trinajstić information content (AvgIpc) is 2.61. The molecule has 3 nitrogen and oxygen atoms in total. The fourth-order valence-electron chi connectivity index (χ4n) is 1.57. The van der Waals surface area contributed by atoms with Gasteiger partial charge in [-0.3, -0.25) is 4.68 Å². The normalized spacial score (nSPS) is 14.4. The highest BCUT2D eigenvalue weighted by atomic mass is 19.4. The molecule has 0 radical (unpaired) electrons. The van der Waals surface area contributed by atoms with Gasteiger partial charge in [0.2, 0.25) is 0 Å². The molecule has 0 saturated carbocycles. The second kappa shape index (κ2) is 5.08. The topological polar surface area (TPSA) is 29.9 Å². The number of hydrogen-bond acceptors (Lipinski definition) is 2. The van der Waals surface area contributed by atoms with Crippen LogP contribution in [0.4, 0.5) is 13.2 Å². The van der Waals surface area contributed by atoms with Gasteiger partial charge in [-0.2, -0.15) is 18.3 Å². The van der Waals surface area contributed by atoms with Crippen LogP contribution in [0.1, 0.15) is 38.2 Å². The SMILES string of the molecule is CNC(C)Cc1cc(C(F)(F)F)n(C(C)C)n1. The molecule has 17 heavy (non-hydrogen) atoms. The third-order valence-corrected chi connectivity index (χ3v) is 2.57. The maximum atomic E-state index is 12.8. The number of rotatable bonds is 4. The fourth-order valence-corrected chi connectivity index (χ4v) is 1.57. The molecule has 1 atom stereocenters. The summed E-state index contributed by atoms with van der Waals surface area (Å²) in [5, 5.41) is 7.00. The van der Waals surface area contributed by atoms with Crippen LogP contribution in [0.25, 0.3) is 0 Å². The number of hydrogen-bond donors (Lipinski definition) is 1. The van der Waals surface area contributed by atoms with Crippen LogP contribution in [0.15, 0.2) is 6.07 Å². The molecular formula is C11H18F3N3. The van der Waals surface area contributed by atoms with E-state index in [4.69, 9.17) is 0 Å². The maximum absolute atomic E-state index is 12.8. The van der Waals surface area contributed by atoms with Gasteiger partial charge in [-0.1, -0.05) is 0 Å². The number of aromatic nitrogens is 2. The van der Waals surface area contributed by atoms with Gasteiger partial charge in [-0.05, 0) is 33.9 Å². The minimum absolute atomic E-state index is 0.103. The molecule has 0 amide bonds. The van der Waals surface area contributed by atoms with E-state index in [1.807, 2.05) is 6.92 Å². The molecule has 1 rings (SSSR count). The van der Waals surface area contributed by atoms with Crippen molar-refractivity contribution in [2.24, 2.45) is 0 Å². The number of likely N-dealkylation sites (N-methyl/N-ethyl adjacent to an activating group) is 1. The summed E-state index contributed by atoms with van der Waals surface area (Å²) in [7, 11) is 1.77. The minimum Gasteiger partial charge on any atom is -0.317 e. The lowest BCUT2D eigenvalue weighted by Crippen LogP contribution is -2.23. The Bertz CT molecular complexity index is 369. The van der Waals surface area contributed by atoms with Crippen molar-refractivity contribution in [3.8, 4) is 0 Å². The highest BCUT2D eigenvalue weighted by Gasteiger charge is 2.36. The number of nitrogens with zero attached hydrogens (tertiary/aromatic N) is 2. The van der Waals surface area contributed by atoms with Gasteiger partial charge >= 0.3 is 6.18 Å². The third kappa shape index (κ3) is 3.46. The monoisotopic (exact) mass is 249 g/mol. The Morgan fingerprint density at radius 2 is 1.94 bits per heavy atom. The first-order valence-electron chi connectivity index (χ1n) is 5.58. The standard InChI is InChI=1S/C11H18F3N3/c1-7(2)17-10(11(12,13)14)6-9(16-17)5-8(3)15-4/h6-8,15H,5H2,1-4H3. The quantitative estimate of drug-likeness (QED) is 0.889. The second-order valence-corrected chi connectivity index (χ2v) is 4.45. The van der Waals surface area contributed by atoms with Gasteiger partial charge in [0.05, 0.1) is 5.69 Å². The molecule has 6 heteroatoms. The van der Waals surface area contributed by atoms with Gasteiger partial charge < -0.3 is 5.32 Å². The molecular weight excluding hydrogens is 231 g/mol. The Kier molecular flexibility index (Phi) is 4.19. The molecule has 0 spiro atoms. The van der Waals surface area contributed by atoms with Crippen molar-refractivity contribution in [2.75, 3.05) is 7.05 Å². The van der Waals surface area contributed by atoms with E-state index in [2.05, 4.69) is 10.4 Å². The van der Waals surface area contributed by atoms with E-state index in [1.54, 1.807) is 20.9 Å².